The number of hydrogen-bond donors (Lipinski definition) is 0. The van der Waals surface area contributed by atoms with Crippen molar-refractivity contribution in [3.05, 3.63) is 52.9 Å². The lowest BCUT2D eigenvalue weighted by Crippen LogP contribution is -2.28. The lowest BCUT2D eigenvalue weighted by Gasteiger charge is -2.15. The molecule has 1 fully saturated rings. The molecular formula is C17H17F3N2O2. The number of rotatable bonds is 4. The maximum Gasteiger partial charge on any atom is 0.416 e. The average Bonchev–Trinajstić information content (AvgIpc) is 3.22. The second-order valence-corrected chi connectivity index (χ2v) is 6.19. The van der Waals surface area contributed by atoms with Crippen LogP contribution in [0.3, 0.4) is 0 Å². The second-order valence-electron chi connectivity index (χ2n) is 6.19. The number of hydrogen-bond acceptors (Lipinski definition) is 3. The molecule has 0 N–H and O–H groups in total. The Labute approximate surface area is 137 Å². The first-order chi connectivity index (χ1) is 11.3. The van der Waals surface area contributed by atoms with E-state index in [9.17, 15) is 18.0 Å². The van der Waals surface area contributed by atoms with Crippen molar-refractivity contribution in [3.8, 4) is 0 Å². The van der Waals surface area contributed by atoms with Crippen LogP contribution >= 0.6 is 0 Å². The Balaban J connectivity index is 1.61. The molecule has 7 heteroatoms. The predicted molar refractivity (Wildman–Crippen MR) is 80.0 cm³/mol. The largest absolute Gasteiger partial charge is 0.416 e. The van der Waals surface area contributed by atoms with Crippen LogP contribution in [0.5, 0.6) is 0 Å². The first-order valence-electron chi connectivity index (χ1n) is 7.60. The molecule has 0 saturated heterocycles. The van der Waals surface area contributed by atoms with Crippen molar-refractivity contribution in [2.75, 3.05) is 7.05 Å². The summed E-state index contributed by atoms with van der Waals surface area (Å²) in [7, 11) is 1.69. The molecule has 2 unspecified atom stereocenters. The van der Waals surface area contributed by atoms with Crippen LogP contribution < -0.4 is 0 Å². The van der Waals surface area contributed by atoms with Gasteiger partial charge in [0.15, 0.2) is 0 Å². The molecule has 0 aliphatic heterocycles. The maximum atomic E-state index is 12.6. The summed E-state index contributed by atoms with van der Waals surface area (Å²) in [4.78, 5) is 14.0. The Morgan fingerprint density at radius 1 is 1.33 bits per heavy atom. The van der Waals surface area contributed by atoms with Crippen molar-refractivity contribution in [1.82, 2.24) is 10.1 Å². The third-order valence-corrected chi connectivity index (χ3v) is 4.23. The van der Waals surface area contributed by atoms with E-state index in [-0.39, 0.29) is 17.7 Å². The molecule has 2 aromatic rings. The highest BCUT2D eigenvalue weighted by Crippen LogP contribution is 2.48. The first-order valence-corrected chi connectivity index (χ1v) is 7.60. The molecule has 0 spiro atoms. The monoisotopic (exact) mass is 338 g/mol. The zero-order valence-corrected chi connectivity index (χ0v) is 13.3. The molecular weight excluding hydrogens is 321 g/mol. The SMILES string of the molecule is Cc1cc(CN(C)C(=O)C2CC2c2ccc(C(F)(F)F)cc2)no1. The van der Waals surface area contributed by atoms with E-state index in [4.69, 9.17) is 4.52 Å². The second kappa shape index (κ2) is 5.96. The minimum Gasteiger partial charge on any atom is -0.361 e. The van der Waals surface area contributed by atoms with Crippen molar-refractivity contribution in [3.63, 3.8) is 0 Å². The third kappa shape index (κ3) is 3.44. The number of amides is 1. The van der Waals surface area contributed by atoms with Gasteiger partial charge in [0, 0.05) is 19.0 Å². The number of aromatic nitrogens is 1. The van der Waals surface area contributed by atoms with E-state index < -0.39 is 11.7 Å². The van der Waals surface area contributed by atoms with Gasteiger partial charge in [0.05, 0.1) is 12.1 Å². The van der Waals surface area contributed by atoms with Crippen LogP contribution in [0, 0.1) is 12.8 Å². The fourth-order valence-electron chi connectivity index (χ4n) is 2.85. The molecule has 0 bridgehead atoms. The highest BCUT2D eigenvalue weighted by molar-refractivity contribution is 5.82. The lowest BCUT2D eigenvalue weighted by atomic mass is 10.1. The van der Waals surface area contributed by atoms with Gasteiger partial charge in [-0.05, 0) is 37.0 Å². The minimum atomic E-state index is -4.34. The van der Waals surface area contributed by atoms with Crippen LogP contribution in [0.2, 0.25) is 0 Å². The molecule has 2 atom stereocenters. The lowest BCUT2D eigenvalue weighted by molar-refractivity contribution is -0.137. The van der Waals surface area contributed by atoms with Gasteiger partial charge in [0.25, 0.3) is 0 Å². The zero-order valence-electron chi connectivity index (χ0n) is 13.3. The molecule has 4 nitrogen and oxygen atoms in total. The Hall–Kier alpha value is -2.31. The molecule has 128 valence electrons. The number of carbonyl (C=O) groups excluding carboxylic acids is 1. The fourth-order valence-corrected chi connectivity index (χ4v) is 2.85. The van der Waals surface area contributed by atoms with Gasteiger partial charge in [-0.2, -0.15) is 13.2 Å². The Morgan fingerprint density at radius 2 is 2.00 bits per heavy atom. The predicted octanol–water partition coefficient (Wildman–Crippen LogP) is 3.76. The Kier molecular flexibility index (Phi) is 4.11. The number of aryl methyl sites for hydroxylation is 1. The van der Waals surface area contributed by atoms with Crippen LogP contribution in [-0.2, 0) is 17.5 Å². The van der Waals surface area contributed by atoms with E-state index in [0.29, 0.717) is 24.4 Å². The summed E-state index contributed by atoms with van der Waals surface area (Å²) in [6.45, 7) is 2.13. The van der Waals surface area contributed by atoms with Crippen molar-refractivity contribution in [2.24, 2.45) is 5.92 Å². The molecule has 1 aliphatic carbocycles. The van der Waals surface area contributed by atoms with Crippen LogP contribution in [0.4, 0.5) is 13.2 Å². The van der Waals surface area contributed by atoms with Gasteiger partial charge in [0.1, 0.15) is 11.5 Å². The molecule has 1 aliphatic rings. The van der Waals surface area contributed by atoms with Gasteiger partial charge in [-0.3, -0.25) is 4.79 Å². The highest BCUT2D eigenvalue weighted by Gasteiger charge is 2.45. The summed E-state index contributed by atoms with van der Waals surface area (Å²) in [5.74, 6) is 0.460. The Bertz CT molecular complexity index is 737. The standard InChI is InChI=1S/C17H17F3N2O2/c1-10-7-13(21-24-10)9-22(2)16(23)15-8-14(15)11-3-5-12(6-4-11)17(18,19)20/h3-7,14-15H,8-9H2,1-2H3. The quantitative estimate of drug-likeness (QED) is 0.853. The molecule has 24 heavy (non-hydrogen) atoms. The Morgan fingerprint density at radius 3 is 2.54 bits per heavy atom. The molecule has 3 rings (SSSR count). The van der Waals surface area contributed by atoms with E-state index in [1.54, 1.807) is 24.9 Å². The van der Waals surface area contributed by atoms with Crippen LogP contribution in [0.1, 0.15) is 34.9 Å². The normalized spacial score (nSPS) is 20.0. The minimum absolute atomic E-state index is 0.0127. The van der Waals surface area contributed by atoms with Crippen LogP contribution in [0.25, 0.3) is 0 Å². The van der Waals surface area contributed by atoms with E-state index >= 15 is 0 Å². The number of carbonyl (C=O) groups is 1. The van der Waals surface area contributed by atoms with Crippen molar-refractivity contribution < 1.29 is 22.5 Å². The summed E-state index contributed by atoms with van der Waals surface area (Å²) < 4.78 is 42.7. The summed E-state index contributed by atoms with van der Waals surface area (Å²) in [5, 5.41) is 3.85. The van der Waals surface area contributed by atoms with Gasteiger partial charge >= 0.3 is 6.18 Å². The molecule has 1 saturated carbocycles. The highest BCUT2D eigenvalue weighted by atomic mass is 19.4. The van der Waals surface area contributed by atoms with Gasteiger partial charge in [-0.15, -0.1) is 0 Å². The number of halogens is 3. The van der Waals surface area contributed by atoms with E-state index in [1.807, 2.05) is 0 Å². The van der Waals surface area contributed by atoms with E-state index in [0.717, 1.165) is 17.7 Å². The van der Waals surface area contributed by atoms with Gasteiger partial charge < -0.3 is 9.42 Å². The summed E-state index contributed by atoms with van der Waals surface area (Å²) in [5.41, 5.74) is 0.774. The zero-order chi connectivity index (χ0) is 17.5. The molecule has 1 amide bonds. The number of nitrogens with zero attached hydrogens (tertiary/aromatic N) is 2. The number of alkyl halides is 3. The molecule has 1 aromatic heterocycles. The van der Waals surface area contributed by atoms with Gasteiger partial charge in [-0.1, -0.05) is 17.3 Å². The van der Waals surface area contributed by atoms with E-state index in [1.165, 1.54) is 12.1 Å². The topological polar surface area (TPSA) is 46.3 Å². The van der Waals surface area contributed by atoms with Crippen molar-refractivity contribution in [1.29, 1.82) is 0 Å². The first kappa shape index (κ1) is 16.5. The van der Waals surface area contributed by atoms with Crippen LogP contribution in [0.15, 0.2) is 34.9 Å². The third-order valence-electron chi connectivity index (χ3n) is 4.23. The van der Waals surface area contributed by atoms with Crippen molar-refractivity contribution >= 4 is 5.91 Å². The van der Waals surface area contributed by atoms with Crippen LogP contribution in [-0.4, -0.2) is 23.0 Å². The smallest absolute Gasteiger partial charge is 0.361 e. The fraction of sp³-hybridized carbons (Fsp3) is 0.412. The van der Waals surface area contributed by atoms with Gasteiger partial charge in [-0.25, -0.2) is 0 Å². The summed E-state index contributed by atoms with van der Waals surface area (Å²) >= 11 is 0. The molecule has 1 aromatic carbocycles. The molecule has 0 radical (unpaired) electrons. The van der Waals surface area contributed by atoms with E-state index in [2.05, 4.69) is 5.16 Å². The maximum absolute atomic E-state index is 12.6. The summed E-state index contributed by atoms with van der Waals surface area (Å²) in [6, 6.07) is 6.82. The van der Waals surface area contributed by atoms with Crippen molar-refractivity contribution in [2.45, 2.75) is 32.0 Å². The van der Waals surface area contributed by atoms with Gasteiger partial charge in [0.2, 0.25) is 5.91 Å². The molecule has 1 heterocycles. The number of benzene rings is 1. The summed E-state index contributed by atoms with van der Waals surface area (Å²) in [6.07, 6.45) is -3.68. The average molecular weight is 338 g/mol.